The molecule has 8 nitrogen and oxygen atoms in total. The largest absolute Gasteiger partial charge is 0.478 e. The third-order valence-corrected chi connectivity index (χ3v) is 4.62. The van der Waals surface area contributed by atoms with Crippen LogP contribution in [0, 0.1) is 6.92 Å². The van der Waals surface area contributed by atoms with Gasteiger partial charge in [-0.05, 0) is 44.4 Å². The molecule has 1 aliphatic rings. The van der Waals surface area contributed by atoms with Gasteiger partial charge >= 0.3 is 5.97 Å². The lowest BCUT2D eigenvalue weighted by Crippen LogP contribution is -2.17. The van der Waals surface area contributed by atoms with Gasteiger partial charge in [-0.2, -0.15) is 5.10 Å². The number of carboxylic acid groups (broad SMARTS) is 1. The van der Waals surface area contributed by atoms with Gasteiger partial charge in [0.15, 0.2) is 5.65 Å². The minimum absolute atomic E-state index is 0.202. The molecule has 0 radical (unpaired) electrons. The van der Waals surface area contributed by atoms with Crippen LogP contribution in [0.5, 0.6) is 0 Å². The number of fused-ring (bicyclic) bond motifs is 1. The van der Waals surface area contributed by atoms with Crippen LogP contribution in [0.25, 0.3) is 23.2 Å². The first-order valence-corrected chi connectivity index (χ1v) is 8.20. The third-order valence-electron chi connectivity index (χ3n) is 4.62. The summed E-state index contributed by atoms with van der Waals surface area (Å²) in [5, 5.41) is 22.6. The SMILES string of the molecule is Cc1nn(C)c2nc(/C=C/c3cn(C4CCC4)nn3)cc(C(=O)O)c12. The van der Waals surface area contributed by atoms with Crippen molar-refractivity contribution in [2.45, 2.75) is 32.2 Å². The summed E-state index contributed by atoms with van der Waals surface area (Å²) in [4.78, 5) is 16.1. The van der Waals surface area contributed by atoms with Crippen LogP contribution in [-0.2, 0) is 7.05 Å². The van der Waals surface area contributed by atoms with Crippen LogP contribution in [0.15, 0.2) is 12.3 Å². The molecule has 0 atom stereocenters. The average molecular weight is 338 g/mol. The summed E-state index contributed by atoms with van der Waals surface area (Å²) in [6, 6.07) is 2.02. The first-order valence-electron chi connectivity index (χ1n) is 8.20. The summed E-state index contributed by atoms with van der Waals surface area (Å²) in [6.07, 6.45) is 8.99. The van der Waals surface area contributed by atoms with E-state index in [9.17, 15) is 9.90 Å². The van der Waals surface area contributed by atoms with Crippen molar-refractivity contribution in [3.8, 4) is 0 Å². The highest BCUT2D eigenvalue weighted by molar-refractivity contribution is 6.03. The summed E-state index contributed by atoms with van der Waals surface area (Å²) in [5.74, 6) is -0.992. The van der Waals surface area contributed by atoms with E-state index in [1.54, 1.807) is 36.9 Å². The lowest BCUT2D eigenvalue weighted by molar-refractivity contribution is 0.0699. The Balaban J connectivity index is 1.70. The second kappa shape index (κ2) is 5.80. The van der Waals surface area contributed by atoms with Crippen LogP contribution >= 0.6 is 0 Å². The smallest absolute Gasteiger partial charge is 0.336 e. The van der Waals surface area contributed by atoms with Crippen LogP contribution in [-0.4, -0.2) is 40.8 Å². The van der Waals surface area contributed by atoms with Crippen LogP contribution in [0.1, 0.15) is 52.7 Å². The number of aryl methyl sites for hydroxylation is 2. The summed E-state index contributed by atoms with van der Waals surface area (Å²) >= 11 is 0. The average Bonchev–Trinajstić information content (AvgIpc) is 3.08. The molecular formula is C17H18N6O2. The molecule has 3 aromatic rings. The van der Waals surface area contributed by atoms with Crippen LogP contribution in [0.2, 0.25) is 0 Å². The fraction of sp³-hybridized carbons (Fsp3) is 0.353. The summed E-state index contributed by atoms with van der Waals surface area (Å²) < 4.78 is 3.49. The van der Waals surface area contributed by atoms with E-state index in [0.717, 1.165) is 18.5 Å². The number of nitrogens with zero attached hydrogens (tertiary/aromatic N) is 6. The van der Waals surface area contributed by atoms with E-state index >= 15 is 0 Å². The Hall–Kier alpha value is -3.03. The van der Waals surface area contributed by atoms with Gasteiger partial charge in [-0.25, -0.2) is 14.5 Å². The number of carbonyl (C=O) groups is 1. The van der Waals surface area contributed by atoms with E-state index < -0.39 is 5.97 Å². The van der Waals surface area contributed by atoms with Crippen molar-refractivity contribution in [1.82, 2.24) is 29.8 Å². The van der Waals surface area contributed by atoms with Gasteiger partial charge in [0, 0.05) is 7.05 Å². The molecule has 128 valence electrons. The topological polar surface area (TPSA) is 98.7 Å². The minimum atomic E-state index is -0.992. The van der Waals surface area contributed by atoms with Gasteiger partial charge in [0.1, 0.15) is 5.69 Å². The second-order valence-electron chi connectivity index (χ2n) is 6.35. The van der Waals surface area contributed by atoms with Crippen molar-refractivity contribution in [3.05, 3.63) is 34.9 Å². The molecule has 8 heteroatoms. The number of carboxylic acids is 1. The Labute approximate surface area is 143 Å². The van der Waals surface area contributed by atoms with Gasteiger partial charge in [0.2, 0.25) is 0 Å². The first kappa shape index (κ1) is 15.5. The monoisotopic (exact) mass is 338 g/mol. The van der Waals surface area contributed by atoms with Crippen LogP contribution in [0.4, 0.5) is 0 Å². The number of aromatic nitrogens is 6. The molecule has 0 saturated heterocycles. The molecule has 3 heterocycles. The van der Waals surface area contributed by atoms with E-state index in [-0.39, 0.29) is 5.56 Å². The molecule has 0 amide bonds. The zero-order valence-electron chi connectivity index (χ0n) is 14.0. The molecule has 3 aromatic heterocycles. The predicted octanol–water partition coefficient (Wildman–Crippen LogP) is 2.46. The van der Waals surface area contributed by atoms with Gasteiger partial charge in [-0.3, -0.25) is 4.68 Å². The molecule has 4 rings (SSSR count). The maximum Gasteiger partial charge on any atom is 0.336 e. The highest BCUT2D eigenvalue weighted by Gasteiger charge is 2.20. The lowest BCUT2D eigenvalue weighted by atomic mass is 9.93. The quantitative estimate of drug-likeness (QED) is 0.784. The molecule has 0 aliphatic heterocycles. The highest BCUT2D eigenvalue weighted by Crippen LogP contribution is 2.30. The standard InChI is InChI=1S/C17H18N6O2/c1-10-15-14(17(24)25)8-11(18-16(15)22(2)20-10)6-7-12-9-23(21-19-12)13-4-3-5-13/h6-9,13H,3-5H2,1-2H3,(H,24,25)/b7-6+. The van der Waals surface area contributed by atoms with Crippen molar-refractivity contribution < 1.29 is 9.90 Å². The van der Waals surface area contributed by atoms with E-state index in [2.05, 4.69) is 20.4 Å². The summed E-state index contributed by atoms with van der Waals surface area (Å²) in [6.45, 7) is 1.78. The van der Waals surface area contributed by atoms with E-state index in [0.29, 0.717) is 28.5 Å². The maximum atomic E-state index is 11.6. The van der Waals surface area contributed by atoms with Crippen molar-refractivity contribution >= 4 is 29.2 Å². The molecule has 1 fully saturated rings. The third kappa shape index (κ3) is 2.69. The molecular weight excluding hydrogens is 320 g/mol. The Kier molecular flexibility index (Phi) is 3.60. The first-order chi connectivity index (χ1) is 12.0. The summed E-state index contributed by atoms with van der Waals surface area (Å²) in [7, 11) is 1.76. The molecule has 0 spiro atoms. The van der Waals surface area contributed by atoms with E-state index in [1.807, 2.05) is 10.9 Å². The van der Waals surface area contributed by atoms with Gasteiger partial charge < -0.3 is 5.11 Å². The summed E-state index contributed by atoms with van der Waals surface area (Å²) in [5.41, 5.74) is 2.68. The molecule has 1 saturated carbocycles. The van der Waals surface area contributed by atoms with Crippen LogP contribution in [0.3, 0.4) is 0 Å². The zero-order valence-corrected chi connectivity index (χ0v) is 14.0. The Bertz CT molecular complexity index is 996. The zero-order chi connectivity index (χ0) is 17.6. The second-order valence-corrected chi connectivity index (χ2v) is 6.35. The van der Waals surface area contributed by atoms with E-state index in [4.69, 9.17) is 0 Å². The molecule has 25 heavy (non-hydrogen) atoms. The molecule has 0 bridgehead atoms. The van der Waals surface area contributed by atoms with E-state index in [1.165, 1.54) is 6.42 Å². The Morgan fingerprint density at radius 1 is 1.32 bits per heavy atom. The van der Waals surface area contributed by atoms with Crippen molar-refractivity contribution in [2.75, 3.05) is 0 Å². The minimum Gasteiger partial charge on any atom is -0.478 e. The molecule has 0 aromatic carbocycles. The van der Waals surface area contributed by atoms with Crippen LogP contribution < -0.4 is 0 Å². The number of hydrogen-bond donors (Lipinski definition) is 1. The van der Waals surface area contributed by atoms with Crippen molar-refractivity contribution in [1.29, 1.82) is 0 Å². The maximum absolute atomic E-state index is 11.6. The van der Waals surface area contributed by atoms with Gasteiger partial charge in [0.25, 0.3) is 0 Å². The Morgan fingerprint density at radius 2 is 2.08 bits per heavy atom. The molecule has 1 aliphatic carbocycles. The van der Waals surface area contributed by atoms with Crippen molar-refractivity contribution in [3.63, 3.8) is 0 Å². The van der Waals surface area contributed by atoms with Gasteiger partial charge in [-0.1, -0.05) is 5.21 Å². The number of rotatable bonds is 4. The van der Waals surface area contributed by atoms with Crippen molar-refractivity contribution in [2.24, 2.45) is 7.05 Å². The van der Waals surface area contributed by atoms with Gasteiger partial charge in [0.05, 0.1) is 34.6 Å². The van der Waals surface area contributed by atoms with Gasteiger partial charge in [-0.15, -0.1) is 5.10 Å². The lowest BCUT2D eigenvalue weighted by Gasteiger charge is -2.24. The number of hydrogen-bond acceptors (Lipinski definition) is 5. The normalized spacial score (nSPS) is 15.1. The fourth-order valence-electron chi connectivity index (χ4n) is 3.09. The predicted molar refractivity (Wildman–Crippen MR) is 92.0 cm³/mol. The molecule has 1 N–H and O–H groups in total. The molecule has 0 unspecified atom stereocenters. The number of pyridine rings is 1. The Morgan fingerprint density at radius 3 is 2.76 bits per heavy atom. The highest BCUT2D eigenvalue weighted by atomic mass is 16.4. The fourth-order valence-corrected chi connectivity index (χ4v) is 3.09. The number of aromatic carboxylic acids is 1.